The SMILES string of the molecule is COC(=O)c1ccc(-n2c(C)cc(-c3csc(NC(=O)c4ccco4)n3)c2C)cc1. The van der Waals surface area contributed by atoms with Gasteiger partial charge in [-0.25, -0.2) is 9.78 Å². The van der Waals surface area contributed by atoms with Crippen molar-refractivity contribution in [2.75, 3.05) is 12.4 Å². The number of ether oxygens (including phenoxy) is 1. The maximum Gasteiger partial charge on any atom is 0.337 e. The van der Waals surface area contributed by atoms with Crippen LogP contribution in [0.5, 0.6) is 0 Å². The molecule has 0 bridgehead atoms. The second-order valence-corrected chi connectivity index (χ2v) is 7.49. The fourth-order valence-electron chi connectivity index (χ4n) is 3.31. The number of methoxy groups -OCH3 is 1. The minimum atomic E-state index is -0.366. The average molecular weight is 421 g/mol. The molecule has 4 rings (SSSR count). The fourth-order valence-corrected chi connectivity index (χ4v) is 4.01. The lowest BCUT2D eigenvalue weighted by molar-refractivity contribution is 0.0600. The van der Waals surface area contributed by atoms with Gasteiger partial charge in [0.05, 0.1) is 24.6 Å². The Morgan fingerprint density at radius 2 is 1.93 bits per heavy atom. The molecule has 0 aliphatic carbocycles. The number of rotatable bonds is 5. The molecule has 30 heavy (non-hydrogen) atoms. The molecule has 0 saturated carbocycles. The summed E-state index contributed by atoms with van der Waals surface area (Å²) in [6.07, 6.45) is 1.45. The molecule has 0 aliphatic rings. The van der Waals surface area contributed by atoms with Crippen LogP contribution in [0.1, 0.15) is 32.3 Å². The summed E-state index contributed by atoms with van der Waals surface area (Å²) in [6, 6.07) is 12.6. The Bertz CT molecular complexity index is 1200. The standard InChI is InChI=1S/C22H19N3O4S/c1-13-11-17(14(2)25(13)16-8-6-15(7-9-16)21(27)28-3)18-12-30-22(23-18)24-20(26)19-5-4-10-29-19/h4-12H,1-3H3,(H,23,24,26). The molecule has 0 fully saturated rings. The molecule has 0 aliphatic heterocycles. The Labute approximate surface area is 176 Å². The Morgan fingerprint density at radius 3 is 2.60 bits per heavy atom. The molecular weight excluding hydrogens is 402 g/mol. The number of aromatic nitrogens is 2. The lowest BCUT2D eigenvalue weighted by atomic mass is 10.2. The molecule has 152 valence electrons. The molecule has 4 aromatic rings. The highest BCUT2D eigenvalue weighted by Crippen LogP contribution is 2.32. The largest absolute Gasteiger partial charge is 0.465 e. The number of esters is 1. The predicted molar refractivity (Wildman–Crippen MR) is 114 cm³/mol. The monoisotopic (exact) mass is 421 g/mol. The number of nitrogens with one attached hydrogen (secondary N) is 1. The van der Waals surface area contributed by atoms with Crippen molar-refractivity contribution >= 4 is 28.3 Å². The van der Waals surface area contributed by atoms with E-state index in [0.29, 0.717) is 10.7 Å². The van der Waals surface area contributed by atoms with Gasteiger partial charge in [-0.05, 0) is 56.3 Å². The summed E-state index contributed by atoms with van der Waals surface area (Å²) in [7, 11) is 1.36. The maximum absolute atomic E-state index is 12.2. The number of amides is 1. The van der Waals surface area contributed by atoms with Crippen LogP contribution in [0.15, 0.2) is 58.5 Å². The maximum atomic E-state index is 12.2. The number of anilines is 1. The highest BCUT2D eigenvalue weighted by Gasteiger charge is 2.17. The van der Waals surface area contributed by atoms with Crippen LogP contribution in [0, 0.1) is 13.8 Å². The minimum Gasteiger partial charge on any atom is -0.465 e. The van der Waals surface area contributed by atoms with E-state index in [-0.39, 0.29) is 17.6 Å². The van der Waals surface area contributed by atoms with E-state index < -0.39 is 0 Å². The van der Waals surface area contributed by atoms with E-state index in [1.807, 2.05) is 31.4 Å². The van der Waals surface area contributed by atoms with Crippen LogP contribution < -0.4 is 5.32 Å². The smallest absolute Gasteiger partial charge is 0.337 e. The van der Waals surface area contributed by atoms with Gasteiger partial charge in [0, 0.05) is 28.0 Å². The normalized spacial score (nSPS) is 10.8. The Morgan fingerprint density at radius 1 is 1.17 bits per heavy atom. The van der Waals surface area contributed by atoms with Crippen LogP contribution in [0.4, 0.5) is 5.13 Å². The molecular formula is C22H19N3O4S. The van der Waals surface area contributed by atoms with Crippen molar-refractivity contribution in [3.8, 4) is 16.9 Å². The first-order valence-electron chi connectivity index (χ1n) is 9.16. The summed E-state index contributed by atoms with van der Waals surface area (Å²) < 4.78 is 12.0. The van der Waals surface area contributed by atoms with Crippen LogP contribution in [-0.4, -0.2) is 28.5 Å². The third kappa shape index (κ3) is 3.65. The zero-order valence-electron chi connectivity index (χ0n) is 16.6. The lowest BCUT2D eigenvalue weighted by Gasteiger charge is -2.10. The first-order valence-corrected chi connectivity index (χ1v) is 10.0. The van der Waals surface area contributed by atoms with Gasteiger partial charge < -0.3 is 13.7 Å². The van der Waals surface area contributed by atoms with Crippen molar-refractivity contribution in [3.05, 3.63) is 76.8 Å². The molecule has 1 N–H and O–H groups in total. The van der Waals surface area contributed by atoms with Crippen molar-refractivity contribution in [2.24, 2.45) is 0 Å². The lowest BCUT2D eigenvalue weighted by Crippen LogP contribution is -2.10. The van der Waals surface area contributed by atoms with Crippen LogP contribution >= 0.6 is 11.3 Å². The van der Waals surface area contributed by atoms with Crippen molar-refractivity contribution in [3.63, 3.8) is 0 Å². The van der Waals surface area contributed by atoms with Crippen molar-refractivity contribution in [1.82, 2.24) is 9.55 Å². The molecule has 0 unspecified atom stereocenters. The third-order valence-electron chi connectivity index (χ3n) is 4.72. The molecule has 0 spiro atoms. The zero-order chi connectivity index (χ0) is 21.3. The molecule has 0 saturated heterocycles. The van der Waals surface area contributed by atoms with E-state index in [2.05, 4.69) is 20.9 Å². The van der Waals surface area contributed by atoms with Crippen molar-refractivity contribution < 1.29 is 18.7 Å². The summed E-state index contributed by atoms with van der Waals surface area (Å²) in [5.74, 6) is -0.466. The number of nitrogens with zero attached hydrogens (tertiary/aromatic N) is 2. The van der Waals surface area contributed by atoms with Gasteiger partial charge in [-0.1, -0.05) is 0 Å². The number of thiazole rings is 1. The topological polar surface area (TPSA) is 86.4 Å². The van der Waals surface area contributed by atoms with Crippen LogP contribution in [0.3, 0.4) is 0 Å². The average Bonchev–Trinajstić information content (AvgIpc) is 3.49. The predicted octanol–water partition coefficient (Wildman–Crippen LogP) is 4.85. The quantitative estimate of drug-likeness (QED) is 0.466. The van der Waals surface area contributed by atoms with Gasteiger partial charge in [-0.3, -0.25) is 10.1 Å². The van der Waals surface area contributed by atoms with Gasteiger partial charge in [-0.15, -0.1) is 11.3 Å². The Balaban J connectivity index is 1.60. The summed E-state index contributed by atoms with van der Waals surface area (Å²) in [4.78, 5) is 28.4. The number of carbonyl (C=O) groups is 2. The minimum absolute atomic E-state index is 0.236. The fraction of sp³-hybridized carbons (Fsp3) is 0.136. The van der Waals surface area contributed by atoms with E-state index in [1.54, 1.807) is 24.3 Å². The van der Waals surface area contributed by atoms with Crippen molar-refractivity contribution in [1.29, 1.82) is 0 Å². The number of benzene rings is 1. The highest BCUT2D eigenvalue weighted by atomic mass is 32.1. The van der Waals surface area contributed by atoms with E-state index in [4.69, 9.17) is 9.15 Å². The second kappa shape index (κ2) is 8.00. The van der Waals surface area contributed by atoms with Gasteiger partial charge in [0.2, 0.25) is 0 Å². The summed E-state index contributed by atoms with van der Waals surface area (Å²) in [5, 5.41) is 5.16. The summed E-state index contributed by atoms with van der Waals surface area (Å²) in [5.41, 5.74) is 5.22. The van der Waals surface area contributed by atoms with Gasteiger partial charge >= 0.3 is 5.97 Å². The third-order valence-corrected chi connectivity index (χ3v) is 5.48. The molecule has 0 radical (unpaired) electrons. The summed E-state index contributed by atoms with van der Waals surface area (Å²) in [6.45, 7) is 4.02. The van der Waals surface area contributed by atoms with Gasteiger partial charge in [-0.2, -0.15) is 0 Å². The molecule has 7 nitrogen and oxygen atoms in total. The van der Waals surface area contributed by atoms with Crippen LogP contribution in [0.25, 0.3) is 16.9 Å². The van der Waals surface area contributed by atoms with Gasteiger partial charge in [0.25, 0.3) is 5.91 Å². The first-order chi connectivity index (χ1) is 14.5. The Kier molecular flexibility index (Phi) is 5.24. The molecule has 0 atom stereocenters. The van der Waals surface area contributed by atoms with E-state index in [1.165, 1.54) is 24.7 Å². The number of carbonyl (C=O) groups excluding carboxylic acids is 2. The molecule has 3 aromatic heterocycles. The summed E-state index contributed by atoms with van der Waals surface area (Å²) >= 11 is 1.35. The van der Waals surface area contributed by atoms with E-state index in [9.17, 15) is 9.59 Å². The highest BCUT2D eigenvalue weighted by molar-refractivity contribution is 7.14. The van der Waals surface area contributed by atoms with E-state index in [0.717, 1.165) is 28.3 Å². The van der Waals surface area contributed by atoms with Crippen LogP contribution in [-0.2, 0) is 4.74 Å². The van der Waals surface area contributed by atoms with Gasteiger partial charge in [0.1, 0.15) is 0 Å². The molecule has 8 heteroatoms. The van der Waals surface area contributed by atoms with Gasteiger partial charge in [0.15, 0.2) is 10.9 Å². The number of hydrogen-bond acceptors (Lipinski definition) is 6. The number of hydrogen-bond donors (Lipinski definition) is 1. The first kappa shape index (κ1) is 19.7. The number of furan rings is 1. The van der Waals surface area contributed by atoms with Crippen molar-refractivity contribution in [2.45, 2.75) is 13.8 Å². The van der Waals surface area contributed by atoms with E-state index >= 15 is 0 Å². The zero-order valence-corrected chi connectivity index (χ0v) is 17.4. The van der Waals surface area contributed by atoms with Crippen LogP contribution in [0.2, 0.25) is 0 Å². The second-order valence-electron chi connectivity index (χ2n) is 6.63. The molecule has 1 amide bonds. The Hall–Kier alpha value is -3.65. The number of aryl methyl sites for hydroxylation is 1. The molecule has 1 aromatic carbocycles. The molecule has 3 heterocycles.